The highest BCUT2D eigenvalue weighted by Crippen LogP contribution is 2.48. The van der Waals surface area contributed by atoms with Gasteiger partial charge in [-0.3, -0.25) is 19.1 Å². The van der Waals surface area contributed by atoms with Crippen molar-refractivity contribution in [2.24, 2.45) is 17.8 Å². The molecule has 5 aliphatic rings. The number of aromatic nitrogens is 1. The van der Waals surface area contributed by atoms with Gasteiger partial charge in [-0.15, -0.1) is 0 Å². The highest BCUT2D eigenvalue weighted by Gasteiger charge is 2.63. The summed E-state index contributed by atoms with van der Waals surface area (Å²) in [6, 6.07) is 3.24. The van der Waals surface area contributed by atoms with Crippen molar-refractivity contribution >= 4 is 50.3 Å². The Hall–Kier alpha value is -4.64. The molecular formula is C40H54N6O10S. The van der Waals surface area contributed by atoms with Crippen molar-refractivity contribution in [2.75, 3.05) is 44.9 Å². The van der Waals surface area contributed by atoms with E-state index in [1.54, 1.807) is 26.3 Å². The van der Waals surface area contributed by atoms with Crippen LogP contribution in [0.25, 0.3) is 10.8 Å². The first-order valence-corrected chi connectivity index (χ1v) is 21.5. The number of sulfonamides is 1. The van der Waals surface area contributed by atoms with E-state index in [0.29, 0.717) is 69.5 Å². The molecule has 2 saturated carbocycles. The Bertz CT molecular complexity index is 2040. The van der Waals surface area contributed by atoms with Gasteiger partial charge in [-0.25, -0.2) is 18.2 Å². The fourth-order valence-electron chi connectivity index (χ4n) is 8.56. The fraction of sp³-hybridized carbons (Fsp3) is 0.625. The van der Waals surface area contributed by atoms with Crippen LogP contribution in [0.1, 0.15) is 72.1 Å². The molecule has 4 N–H and O–H groups in total. The minimum atomic E-state index is -4.02. The Morgan fingerprint density at radius 3 is 2.58 bits per heavy atom. The van der Waals surface area contributed by atoms with E-state index in [0.717, 1.165) is 17.5 Å². The number of benzene rings is 1. The van der Waals surface area contributed by atoms with Crippen molar-refractivity contribution in [1.29, 1.82) is 0 Å². The fourth-order valence-corrected chi connectivity index (χ4v) is 9.88. The summed E-state index contributed by atoms with van der Waals surface area (Å²) >= 11 is 0. The number of carbonyl (C=O) groups is 4. The van der Waals surface area contributed by atoms with Crippen molar-refractivity contribution in [3.63, 3.8) is 0 Å². The number of carboxylic acid groups (broad SMARTS) is 1. The summed E-state index contributed by atoms with van der Waals surface area (Å²) in [5.74, 6) is -1.84. The van der Waals surface area contributed by atoms with Crippen LogP contribution in [-0.4, -0.2) is 116 Å². The van der Waals surface area contributed by atoms with E-state index in [4.69, 9.17) is 19.2 Å². The van der Waals surface area contributed by atoms with Crippen LogP contribution in [0.5, 0.6) is 11.6 Å². The zero-order chi connectivity index (χ0) is 40.7. The van der Waals surface area contributed by atoms with E-state index in [-0.39, 0.29) is 37.1 Å². The molecule has 1 aromatic carbocycles. The Balaban J connectivity index is 1.23. The Kier molecular flexibility index (Phi) is 11.3. The molecule has 0 radical (unpaired) electrons. The number of hydrogen-bond acceptors (Lipinski definition) is 11. The quantitative estimate of drug-likeness (QED) is 0.269. The summed E-state index contributed by atoms with van der Waals surface area (Å²) in [5.41, 5.74) is -0.674. The molecule has 310 valence electrons. The first-order chi connectivity index (χ1) is 27.2. The summed E-state index contributed by atoms with van der Waals surface area (Å²) in [6.45, 7) is 7.98. The number of fused-ring (bicyclic) bond motifs is 3. The van der Waals surface area contributed by atoms with E-state index < -0.39 is 68.2 Å². The number of nitrogens with one attached hydrogen (secondary N) is 3. The van der Waals surface area contributed by atoms with Gasteiger partial charge in [0.1, 0.15) is 29.5 Å². The van der Waals surface area contributed by atoms with E-state index in [2.05, 4.69) is 27.2 Å². The number of nitrogens with zero attached hydrogens (tertiary/aromatic N) is 3. The van der Waals surface area contributed by atoms with Crippen molar-refractivity contribution < 1.29 is 46.9 Å². The number of hydrogen-bond donors (Lipinski definition) is 4. The molecule has 1 aromatic heterocycles. The lowest BCUT2D eigenvalue weighted by Crippen LogP contribution is -2.59. The summed E-state index contributed by atoms with van der Waals surface area (Å²) < 4.78 is 45.3. The predicted octanol–water partition coefficient (Wildman–Crippen LogP) is 3.34. The summed E-state index contributed by atoms with van der Waals surface area (Å²) in [5, 5.41) is 16.8. The maximum absolute atomic E-state index is 14.7. The molecule has 7 rings (SSSR count). The Morgan fingerprint density at radius 1 is 1.14 bits per heavy atom. The Labute approximate surface area is 333 Å². The van der Waals surface area contributed by atoms with Crippen LogP contribution in [0, 0.1) is 17.8 Å². The molecule has 2 aliphatic carbocycles. The van der Waals surface area contributed by atoms with Crippen LogP contribution in [0.4, 0.5) is 10.5 Å². The lowest BCUT2D eigenvalue weighted by atomic mass is 9.85. The number of allylic oxidation sites excluding steroid dienone is 1. The van der Waals surface area contributed by atoms with Gasteiger partial charge in [-0.1, -0.05) is 32.4 Å². The second-order valence-electron chi connectivity index (χ2n) is 16.5. The third-order valence-electron chi connectivity index (χ3n) is 12.6. The number of rotatable bonds is 9. The van der Waals surface area contributed by atoms with Crippen LogP contribution in [0.2, 0.25) is 0 Å². The number of morpholine rings is 1. The monoisotopic (exact) mass is 810 g/mol. The normalized spacial score (nSPS) is 30.2. The molecule has 4 fully saturated rings. The topological polar surface area (TPSA) is 206 Å². The molecule has 0 bridgehead atoms. The maximum Gasteiger partial charge on any atom is 0.405 e. The summed E-state index contributed by atoms with van der Waals surface area (Å²) in [7, 11) is -2.43. The van der Waals surface area contributed by atoms with Gasteiger partial charge in [0, 0.05) is 36.2 Å². The maximum atomic E-state index is 14.7. The van der Waals surface area contributed by atoms with Crippen LogP contribution >= 0.6 is 0 Å². The molecule has 2 saturated heterocycles. The molecule has 0 spiro atoms. The second-order valence-corrected chi connectivity index (χ2v) is 18.7. The molecule has 7 atom stereocenters. The van der Waals surface area contributed by atoms with Crippen LogP contribution in [0.15, 0.2) is 36.5 Å². The molecule has 16 nitrogen and oxygen atoms in total. The molecule has 0 unspecified atom stereocenters. The minimum absolute atomic E-state index is 0.00365. The van der Waals surface area contributed by atoms with Crippen molar-refractivity contribution in [3.8, 4) is 11.6 Å². The number of anilines is 1. The average Bonchev–Trinajstić information content (AvgIpc) is 4.07. The van der Waals surface area contributed by atoms with Crippen molar-refractivity contribution in [3.05, 3.63) is 36.5 Å². The zero-order valence-corrected chi connectivity index (χ0v) is 33.8. The van der Waals surface area contributed by atoms with Gasteiger partial charge < -0.3 is 39.8 Å². The van der Waals surface area contributed by atoms with Gasteiger partial charge >= 0.3 is 6.09 Å². The highest BCUT2D eigenvalue weighted by molar-refractivity contribution is 7.91. The molecular weight excluding hydrogens is 757 g/mol. The van der Waals surface area contributed by atoms with E-state index >= 15 is 0 Å². The number of ether oxygens (including phenoxy) is 3. The number of methoxy groups -OCH3 is 1. The third kappa shape index (κ3) is 8.22. The molecule has 2 aromatic rings. The molecule has 4 amide bonds. The van der Waals surface area contributed by atoms with Gasteiger partial charge in [0.15, 0.2) is 0 Å². The van der Waals surface area contributed by atoms with E-state index in [1.807, 2.05) is 31.2 Å². The lowest BCUT2D eigenvalue weighted by molar-refractivity contribution is -0.142. The average molecular weight is 811 g/mol. The van der Waals surface area contributed by atoms with Gasteiger partial charge in [0.25, 0.3) is 5.91 Å². The molecule has 17 heteroatoms. The molecule has 57 heavy (non-hydrogen) atoms. The second kappa shape index (κ2) is 16.0. The van der Waals surface area contributed by atoms with Gasteiger partial charge in [-0.05, 0) is 75.5 Å². The van der Waals surface area contributed by atoms with Gasteiger partial charge in [-0.2, -0.15) is 0 Å². The van der Waals surface area contributed by atoms with Crippen LogP contribution < -0.4 is 29.7 Å². The van der Waals surface area contributed by atoms with Gasteiger partial charge in [0.05, 0.1) is 43.5 Å². The van der Waals surface area contributed by atoms with E-state index in [1.165, 1.54) is 4.90 Å². The smallest absolute Gasteiger partial charge is 0.405 e. The lowest BCUT2D eigenvalue weighted by Gasteiger charge is -2.33. The standard InChI is InChI=1S/C40H54N6O10S/c1-5-25-18-24(2)8-6-7-9-26-21-40(26,37(49)44-57(52,53)39(3)12-13-39)43-34(47)31-20-28(23-46(31)36(48)33(25)42-38(50)51)56-35-29-11-10-27(54-4)19-30(29)32(22-41-35)45-14-16-55-17-15-45/h7,9-11,19,22,24-26,28,31,33,42H,5-6,8,12-18,20-21,23H2,1-4H3,(H,43,47)(H,44,49)(H,50,51)/t24-,25-,26-,28-,31+,33+,40-/m1/s1. The first kappa shape index (κ1) is 40.6. The largest absolute Gasteiger partial charge is 0.497 e. The molecule has 4 heterocycles. The van der Waals surface area contributed by atoms with Crippen LogP contribution in [0.3, 0.4) is 0 Å². The summed E-state index contributed by atoms with van der Waals surface area (Å²) in [6.07, 6.45) is 6.92. The number of carbonyl (C=O) groups excluding carboxylic acids is 3. The van der Waals surface area contributed by atoms with Crippen molar-refractivity contribution in [2.45, 2.75) is 101 Å². The Morgan fingerprint density at radius 2 is 1.89 bits per heavy atom. The number of amides is 4. The number of pyridine rings is 1. The predicted molar refractivity (Wildman–Crippen MR) is 210 cm³/mol. The summed E-state index contributed by atoms with van der Waals surface area (Å²) in [4.78, 5) is 63.6. The van der Waals surface area contributed by atoms with Gasteiger partial charge in [0.2, 0.25) is 27.7 Å². The SMILES string of the molecule is CC[C@@H]1C[C@H](C)CCC=C[C@@H]2C[C@@]2(C(=O)NS(=O)(=O)C2(C)CC2)NC(=O)[C@@H]2C[C@@H](Oc3ncc(N4CCOCC4)c4cc(OC)ccc34)CN2C(=O)[C@H]1NC(=O)O. The molecule has 3 aliphatic heterocycles. The van der Waals surface area contributed by atoms with Crippen LogP contribution in [-0.2, 0) is 29.1 Å². The zero-order valence-electron chi connectivity index (χ0n) is 33.0. The van der Waals surface area contributed by atoms with E-state index in [9.17, 15) is 32.7 Å². The minimum Gasteiger partial charge on any atom is -0.497 e. The highest BCUT2D eigenvalue weighted by atomic mass is 32.2. The third-order valence-corrected chi connectivity index (χ3v) is 14.7. The van der Waals surface area contributed by atoms with Crippen molar-refractivity contribution in [1.82, 2.24) is 25.2 Å². The first-order valence-electron chi connectivity index (χ1n) is 20.0.